The molecule has 0 radical (unpaired) electrons. The number of nitrogens with zero attached hydrogens (tertiary/aromatic N) is 1. The van der Waals surface area contributed by atoms with Crippen molar-refractivity contribution in [3.8, 4) is 0 Å². The number of esters is 1. The number of rotatable bonds is 2. The molecule has 1 aromatic rings. The summed E-state index contributed by atoms with van der Waals surface area (Å²) < 4.78 is 44.0. The Labute approximate surface area is 106 Å². The van der Waals surface area contributed by atoms with Crippen molar-refractivity contribution in [3.63, 3.8) is 0 Å². The van der Waals surface area contributed by atoms with E-state index in [1.807, 2.05) is 0 Å². The lowest BCUT2D eigenvalue weighted by molar-refractivity contribution is -0.172. The van der Waals surface area contributed by atoms with Gasteiger partial charge < -0.3 is 9.64 Å². The number of hydrogen-bond acceptors (Lipinski definition) is 3. The number of hydrogen-bond donors (Lipinski definition) is 0. The van der Waals surface area contributed by atoms with Crippen LogP contribution in [0.1, 0.15) is 12.5 Å². The van der Waals surface area contributed by atoms with Gasteiger partial charge in [-0.1, -0.05) is 6.07 Å². The minimum atomic E-state index is -1.60. The average Bonchev–Trinajstić information content (AvgIpc) is 2.36. The van der Waals surface area contributed by atoms with Gasteiger partial charge in [-0.25, -0.2) is 18.0 Å². The predicted octanol–water partition coefficient (Wildman–Crippen LogP) is 1.38. The van der Waals surface area contributed by atoms with Crippen LogP contribution in [0.2, 0.25) is 0 Å². The summed E-state index contributed by atoms with van der Waals surface area (Å²) in [5, 5.41) is 0. The van der Waals surface area contributed by atoms with Crippen LogP contribution < -0.4 is 0 Å². The number of carbonyl (C=O) groups excluding carboxylic acids is 2. The van der Waals surface area contributed by atoms with Gasteiger partial charge >= 0.3 is 11.9 Å². The molecule has 0 unspecified atom stereocenters. The highest BCUT2D eigenvalue weighted by Crippen LogP contribution is 2.18. The molecule has 0 saturated carbocycles. The normalized spacial score (nSPS) is 19.6. The highest BCUT2D eigenvalue weighted by atomic mass is 19.2. The maximum Gasteiger partial charge on any atom is 0.397 e. The monoisotopic (exact) mass is 273 g/mol. The standard InChI is InChI=1S/C12H10F3NO3/c1-6-4-16(11(17)12(18)19-6)5-7-2-3-8(13)10(15)9(7)14/h2-3,6H,4-5H2,1H3/t6-/m0/s1. The topological polar surface area (TPSA) is 46.6 Å². The number of carbonyl (C=O) groups is 2. The molecule has 102 valence electrons. The number of amides is 1. The first-order valence-corrected chi connectivity index (χ1v) is 5.52. The Balaban J connectivity index is 2.23. The fourth-order valence-corrected chi connectivity index (χ4v) is 1.82. The number of halogens is 3. The molecule has 0 N–H and O–H groups in total. The fraction of sp³-hybridized carbons (Fsp3) is 0.333. The zero-order valence-corrected chi connectivity index (χ0v) is 9.95. The molecule has 0 spiro atoms. The number of cyclic esters (lactones) is 1. The van der Waals surface area contributed by atoms with E-state index in [1.165, 1.54) is 0 Å². The van der Waals surface area contributed by atoms with Crippen LogP contribution in [0.15, 0.2) is 12.1 Å². The van der Waals surface area contributed by atoms with E-state index in [2.05, 4.69) is 4.74 Å². The van der Waals surface area contributed by atoms with E-state index in [1.54, 1.807) is 6.92 Å². The summed E-state index contributed by atoms with van der Waals surface area (Å²) >= 11 is 0. The molecule has 1 saturated heterocycles. The van der Waals surface area contributed by atoms with Crippen molar-refractivity contribution < 1.29 is 27.5 Å². The van der Waals surface area contributed by atoms with E-state index < -0.39 is 35.4 Å². The van der Waals surface area contributed by atoms with E-state index >= 15 is 0 Å². The van der Waals surface area contributed by atoms with E-state index in [9.17, 15) is 22.8 Å². The van der Waals surface area contributed by atoms with Crippen LogP contribution in [0.4, 0.5) is 13.2 Å². The van der Waals surface area contributed by atoms with Crippen LogP contribution in [0.5, 0.6) is 0 Å². The van der Waals surface area contributed by atoms with E-state index in [4.69, 9.17) is 0 Å². The van der Waals surface area contributed by atoms with Gasteiger partial charge in [-0.2, -0.15) is 0 Å². The molecular weight excluding hydrogens is 263 g/mol. The Bertz CT molecular complexity index is 547. The molecule has 4 nitrogen and oxygen atoms in total. The van der Waals surface area contributed by atoms with Crippen LogP contribution in [0.25, 0.3) is 0 Å². The lowest BCUT2D eigenvalue weighted by atomic mass is 10.1. The van der Waals surface area contributed by atoms with Crippen molar-refractivity contribution >= 4 is 11.9 Å². The summed E-state index contributed by atoms with van der Waals surface area (Å²) in [6.07, 6.45) is -0.529. The third kappa shape index (κ3) is 2.54. The lowest BCUT2D eigenvalue weighted by Crippen LogP contribution is -2.48. The minimum absolute atomic E-state index is 0.0724. The summed E-state index contributed by atoms with van der Waals surface area (Å²) in [7, 11) is 0. The quantitative estimate of drug-likeness (QED) is 0.464. The van der Waals surface area contributed by atoms with E-state index in [-0.39, 0.29) is 18.7 Å². The maximum atomic E-state index is 13.5. The van der Waals surface area contributed by atoms with Gasteiger partial charge in [0.1, 0.15) is 6.10 Å². The largest absolute Gasteiger partial charge is 0.454 e. The molecule has 1 atom stereocenters. The van der Waals surface area contributed by atoms with Crippen molar-refractivity contribution in [2.45, 2.75) is 19.6 Å². The molecule has 1 aliphatic heterocycles. The Kier molecular flexibility index (Phi) is 3.46. The summed E-state index contributed by atoms with van der Waals surface area (Å²) in [5.74, 6) is -6.24. The van der Waals surface area contributed by atoms with Crippen molar-refractivity contribution in [1.29, 1.82) is 0 Å². The molecule has 2 rings (SSSR count). The second-order valence-electron chi connectivity index (χ2n) is 4.24. The molecular formula is C12H10F3NO3. The first kappa shape index (κ1) is 13.4. The zero-order valence-electron chi connectivity index (χ0n) is 9.95. The summed E-state index contributed by atoms with van der Waals surface area (Å²) in [4.78, 5) is 23.7. The molecule has 0 bridgehead atoms. The zero-order chi connectivity index (χ0) is 14.2. The van der Waals surface area contributed by atoms with Gasteiger partial charge in [0.2, 0.25) is 0 Å². The van der Waals surface area contributed by atoms with Gasteiger partial charge in [-0.3, -0.25) is 4.79 Å². The van der Waals surface area contributed by atoms with Crippen LogP contribution in [0, 0.1) is 17.5 Å². The maximum absolute atomic E-state index is 13.5. The highest BCUT2D eigenvalue weighted by molar-refractivity contribution is 6.32. The van der Waals surface area contributed by atoms with Crippen LogP contribution in [-0.4, -0.2) is 29.4 Å². The second-order valence-corrected chi connectivity index (χ2v) is 4.24. The fourth-order valence-electron chi connectivity index (χ4n) is 1.82. The Hall–Kier alpha value is -2.05. The predicted molar refractivity (Wildman–Crippen MR) is 57.3 cm³/mol. The van der Waals surface area contributed by atoms with Gasteiger partial charge in [0, 0.05) is 12.1 Å². The SMILES string of the molecule is C[C@H]1CN(Cc2ccc(F)c(F)c2F)C(=O)C(=O)O1. The van der Waals surface area contributed by atoms with E-state index in [0.29, 0.717) is 0 Å². The second kappa shape index (κ2) is 4.91. The van der Waals surface area contributed by atoms with Crippen molar-refractivity contribution in [3.05, 3.63) is 35.1 Å². The van der Waals surface area contributed by atoms with Crippen molar-refractivity contribution in [1.82, 2.24) is 4.90 Å². The Morgan fingerprint density at radius 2 is 1.95 bits per heavy atom. The number of morpholine rings is 1. The van der Waals surface area contributed by atoms with Crippen LogP contribution >= 0.6 is 0 Å². The molecule has 1 aliphatic rings. The molecule has 0 aromatic heterocycles. The minimum Gasteiger partial charge on any atom is -0.454 e. The summed E-state index contributed by atoms with van der Waals surface area (Å²) in [5.41, 5.74) is -0.200. The van der Waals surface area contributed by atoms with E-state index in [0.717, 1.165) is 17.0 Å². The molecule has 1 fully saturated rings. The third-order valence-corrected chi connectivity index (χ3v) is 2.72. The number of benzene rings is 1. The molecule has 19 heavy (non-hydrogen) atoms. The first-order valence-electron chi connectivity index (χ1n) is 5.52. The molecule has 1 amide bonds. The summed E-state index contributed by atoms with van der Waals surface area (Å²) in [6.45, 7) is 1.32. The van der Waals surface area contributed by atoms with Crippen LogP contribution in [-0.2, 0) is 20.9 Å². The first-order chi connectivity index (χ1) is 8.90. The van der Waals surface area contributed by atoms with Crippen LogP contribution in [0.3, 0.4) is 0 Å². The van der Waals surface area contributed by atoms with Gasteiger partial charge in [0.25, 0.3) is 0 Å². The van der Waals surface area contributed by atoms with Gasteiger partial charge in [0.15, 0.2) is 17.5 Å². The third-order valence-electron chi connectivity index (χ3n) is 2.72. The molecule has 7 heteroatoms. The molecule has 0 aliphatic carbocycles. The van der Waals surface area contributed by atoms with Gasteiger partial charge in [-0.15, -0.1) is 0 Å². The average molecular weight is 273 g/mol. The smallest absolute Gasteiger partial charge is 0.397 e. The summed E-state index contributed by atoms with van der Waals surface area (Å²) in [6, 6.07) is 1.80. The Morgan fingerprint density at radius 3 is 2.63 bits per heavy atom. The molecule has 1 aromatic carbocycles. The van der Waals surface area contributed by atoms with Crippen molar-refractivity contribution in [2.75, 3.05) is 6.54 Å². The van der Waals surface area contributed by atoms with Gasteiger partial charge in [0.05, 0.1) is 6.54 Å². The Morgan fingerprint density at radius 1 is 1.26 bits per heavy atom. The molecule has 1 heterocycles. The highest BCUT2D eigenvalue weighted by Gasteiger charge is 2.32. The van der Waals surface area contributed by atoms with Crippen molar-refractivity contribution in [2.24, 2.45) is 0 Å². The van der Waals surface area contributed by atoms with Gasteiger partial charge in [-0.05, 0) is 13.0 Å². The lowest BCUT2D eigenvalue weighted by Gasteiger charge is -2.30. The number of ether oxygens (including phenoxy) is 1.